The molecule has 0 N–H and O–H groups in total. The fraction of sp³-hybridized carbons (Fsp3) is 0.571. The maximum Gasteiger partial charge on any atom is 0.125 e. The van der Waals surface area contributed by atoms with Gasteiger partial charge in [0.15, 0.2) is 0 Å². The van der Waals surface area contributed by atoms with Crippen molar-refractivity contribution in [3.8, 4) is 0 Å². The summed E-state index contributed by atoms with van der Waals surface area (Å²) in [4.78, 5) is 11.0. The number of hydrogen-bond donors (Lipinski definition) is 0. The molecule has 0 saturated heterocycles. The average molecular weight is 231 g/mol. The van der Waals surface area contributed by atoms with Crippen molar-refractivity contribution in [3.05, 3.63) is 29.9 Å². The first-order valence-electron chi connectivity index (χ1n) is 6.50. The molecule has 0 amide bonds. The number of rotatable bonds is 4. The summed E-state index contributed by atoms with van der Waals surface area (Å²) in [5.41, 5.74) is 2.59. The van der Waals surface area contributed by atoms with Gasteiger partial charge in [-0.25, -0.2) is 9.97 Å². The number of nitrogens with zero attached hydrogens (tertiary/aromatic N) is 3. The van der Waals surface area contributed by atoms with E-state index in [4.69, 9.17) is 0 Å². The van der Waals surface area contributed by atoms with Gasteiger partial charge in [0.05, 0.1) is 0 Å². The Labute approximate surface area is 104 Å². The molecule has 0 aliphatic carbocycles. The zero-order valence-corrected chi connectivity index (χ0v) is 10.8. The molecule has 0 radical (unpaired) electrons. The Balaban J connectivity index is 1.96. The first-order valence-corrected chi connectivity index (χ1v) is 6.50. The van der Waals surface area contributed by atoms with E-state index in [1.165, 1.54) is 37.1 Å². The first-order chi connectivity index (χ1) is 8.29. The molecule has 3 nitrogen and oxygen atoms in total. The zero-order chi connectivity index (χ0) is 12.1. The quantitative estimate of drug-likeness (QED) is 0.797. The lowest BCUT2D eigenvalue weighted by Crippen LogP contribution is -2.29. The van der Waals surface area contributed by atoms with E-state index in [1.807, 2.05) is 19.3 Å². The molecule has 0 unspecified atom stereocenters. The standard InChI is InChI=1S/C14H21N3/c1-3-4-7-17-8-5-13(6-9-17)14-10-15-12(2)16-11-14/h5,10-11H,3-4,6-9H2,1-2H3. The molecule has 0 spiro atoms. The van der Waals surface area contributed by atoms with Crippen molar-refractivity contribution in [3.63, 3.8) is 0 Å². The third-order valence-corrected chi connectivity index (χ3v) is 3.27. The average Bonchev–Trinajstić information content (AvgIpc) is 2.38. The van der Waals surface area contributed by atoms with E-state index >= 15 is 0 Å². The van der Waals surface area contributed by atoms with Gasteiger partial charge in [0.2, 0.25) is 0 Å². The van der Waals surface area contributed by atoms with Gasteiger partial charge in [0.1, 0.15) is 5.82 Å². The molecule has 1 aromatic rings. The van der Waals surface area contributed by atoms with Gasteiger partial charge in [-0.05, 0) is 31.9 Å². The van der Waals surface area contributed by atoms with Crippen LogP contribution in [0.2, 0.25) is 0 Å². The van der Waals surface area contributed by atoms with Crippen LogP contribution in [0.5, 0.6) is 0 Å². The molecule has 2 heterocycles. The van der Waals surface area contributed by atoms with Crippen LogP contribution in [0.15, 0.2) is 18.5 Å². The summed E-state index contributed by atoms with van der Waals surface area (Å²) < 4.78 is 0. The zero-order valence-electron chi connectivity index (χ0n) is 10.8. The van der Waals surface area contributed by atoms with Gasteiger partial charge in [-0.1, -0.05) is 19.4 Å². The normalized spacial score (nSPS) is 16.9. The lowest BCUT2D eigenvalue weighted by molar-refractivity contribution is 0.297. The molecule has 2 rings (SSSR count). The summed E-state index contributed by atoms with van der Waals surface area (Å²) in [5.74, 6) is 0.842. The van der Waals surface area contributed by atoms with Crippen molar-refractivity contribution in [2.45, 2.75) is 33.1 Å². The molecular weight excluding hydrogens is 210 g/mol. The van der Waals surface area contributed by atoms with Crippen LogP contribution in [0.25, 0.3) is 5.57 Å². The van der Waals surface area contributed by atoms with Crippen LogP contribution in [0.3, 0.4) is 0 Å². The first kappa shape index (κ1) is 12.2. The highest BCUT2D eigenvalue weighted by atomic mass is 15.1. The summed E-state index contributed by atoms with van der Waals surface area (Å²) in [5, 5.41) is 0. The van der Waals surface area contributed by atoms with Crippen LogP contribution in [0, 0.1) is 6.92 Å². The highest BCUT2D eigenvalue weighted by Crippen LogP contribution is 2.21. The van der Waals surface area contributed by atoms with Gasteiger partial charge in [-0.15, -0.1) is 0 Å². The number of aromatic nitrogens is 2. The molecule has 0 fully saturated rings. The van der Waals surface area contributed by atoms with Gasteiger partial charge in [0.25, 0.3) is 0 Å². The summed E-state index contributed by atoms with van der Waals surface area (Å²) in [7, 11) is 0. The Kier molecular flexibility index (Phi) is 4.26. The highest BCUT2D eigenvalue weighted by Gasteiger charge is 2.12. The van der Waals surface area contributed by atoms with E-state index < -0.39 is 0 Å². The Morgan fingerprint density at radius 1 is 1.29 bits per heavy atom. The van der Waals surface area contributed by atoms with Crippen molar-refractivity contribution in [1.82, 2.24) is 14.9 Å². The Hall–Kier alpha value is -1.22. The Bertz CT molecular complexity index is 381. The van der Waals surface area contributed by atoms with Gasteiger partial charge >= 0.3 is 0 Å². The topological polar surface area (TPSA) is 29.0 Å². The molecule has 1 aliphatic heterocycles. The van der Waals surface area contributed by atoms with Crippen LogP contribution in [-0.2, 0) is 0 Å². The van der Waals surface area contributed by atoms with Crippen LogP contribution >= 0.6 is 0 Å². The third kappa shape index (κ3) is 3.37. The lowest BCUT2D eigenvalue weighted by Gasteiger charge is -2.26. The maximum atomic E-state index is 4.26. The second-order valence-corrected chi connectivity index (χ2v) is 4.65. The minimum atomic E-state index is 0.842. The minimum absolute atomic E-state index is 0.842. The summed E-state index contributed by atoms with van der Waals surface area (Å²) in [6, 6.07) is 0. The molecule has 1 aromatic heterocycles. The Morgan fingerprint density at radius 2 is 2.06 bits per heavy atom. The van der Waals surface area contributed by atoms with Crippen LogP contribution in [0.4, 0.5) is 0 Å². The van der Waals surface area contributed by atoms with Gasteiger partial charge in [-0.3, -0.25) is 4.90 Å². The lowest BCUT2D eigenvalue weighted by atomic mass is 10.0. The molecule has 0 bridgehead atoms. The monoisotopic (exact) mass is 231 g/mol. The van der Waals surface area contributed by atoms with E-state index in [0.29, 0.717) is 0 Å². The van der Waals surface area contributed by atoms with E-state index in [2.05, 4.69) is 27.9 Å². The molecule has 17 heavy (non-hydrogen) atoms. The molecule has 0 saturated carbocycles. The predicted octanol–water partition coefficient (Wildman–Crippen LogP) is 2.67. The van der Waals surface area contributed by atoms with E-state index in [1.54, 1.807) is 0 Å². The summed E-state index contributed by atoms with van der Waals surface area (Å²) in [6.45, 7) is 7.63. The SMILES string of the molecule is CCCCN1CC=C(c2cnc(C)nc2)CC1. The molecule has 0 aromatic carbocycles. The largest absolute Gasteiger partial charge is 0.299 e. The van der Waals surface area contributed by atoms with Gasteiger partial charge in [-0.2, -0.15) is 0 Å². The summed E-state index contributed by atoms with van der Waals surface area (Å²) in [6.07, 6.45) is 9.91. The van der Waals surface area contributed by atoms with E-state index in [-0.39, 0.29) is 0 Å². The number of aryl methyl sites for hydroxylation is 1. The fourth-order valence-electron chi connectivity index (χ4n) is 2.12. The smallest absolute Gasteiger partial charge is 0.125 e. The molecular formula is C14H21N3. The predicted molar refractivity (Wildman–Crippen MR) is 70.7 cm³/mol. The fourth-order valence-corrected chi connectivity index (χ4v) is 2.12. The third-order valence-electron chi connectivity index (χ3n) is 3.27. The van der Waals surface area contributed by atoms with E-state index in [9.17, 15) is 0 Å². The Morgan fingerprint density at radius 3 is 2.65 bits per heavy atom. The second kappa shape index (κ2) is 5.92. The number of unbranched alkanes of at least 4 members (excludes halogenated alkanes) is 1. The highest BCUT2D eigenvalue weighted by molar-refractivity contribution is 5.65. The van der Waals surface area contributed by atoms with Crippen LogP contribution in [0.1, 0.15) is 37.6 Å². The molecule has 0 atom stereocenters. The number of hydrogen-bond acceptors (Lipinski definition) is 3. The molecule has 1 aliphatic rings. The van der Waals surface area contributed by atoms with Crippen LogP contribution in [-0.4, -0.2) is 34.5 Å². The van der Waals surface area contributed by atoms with Gasteiger partial charge < -0.3 is 0 Å². The molecule has 92 valence electrons. The van der Waals surface area contributed by atoms with Crippen molar-refractivity contribution in [1.29, 1.82) is 0 Å². The maximum absolute atomic E-state index is 4.26. The van der Waals surface area contributed by atoms with E-state index in [0.717, 1.165) is 18.8 Å². The van der Waals surface area contributed by atoms with Crippen molar-refractivity contribution in [2.24, 2.45) is 0 Å². The van der Waals surface area contributed by atoms with Crippen molar-refractivity contribution < 1.29 is 0 Å². The van der Waals surface area contributed by atoms with Crippen molar-refractivity contribution >= 4 is 5.57 Å². The van der Waals surface area contributed by atoms with Crippen LogP contribution < -0.4 is 0 Å². The second-order valence-electron chi connectivity index (χ2n) is 4.65. The summed E-state index contributed by atoms with van der Waals surface area (Å²) >= 11 is 0. The minimum Gasteiger partial charge on any atom is -0.299 e. The van der Waals surface area contributed by atoms with Gasteiger partial charge in [0, 0.05) is 31.0 Å². The van der Waals surface area contributed by atoms with Crippen molar-refractivity contribution in [2.75, 3.05) is 19.6 Å². The molecule has 3 heteroatoms.